The Balaban J connectivity index is 2.23. The third-order valence-electron chi connectivity index (χ3n) is 3.94. The summed E-state index contributed by atoms with van der Waals surface area (Å²) in [5.74, 6) is 0.708. The quantitative estimate of drug-likeness (QED) is 0.896. The molecule has 1 aliphatic carbocycles. The molecule has 2 atom stereocenters. The van der Waals surface area contributed by atoms with E-state index < -0.39 is 0 Å². The fourth-order valence-corrected chi connectivity index (χ4v) is 2.54. The Morgan fingerprint density at radius 3 is 2.74 bits per heavy atom. The van der Waals surface area contributed by atoms with Crippen molar-refractivity contribution in [1.29, 1.82) is 5.26 Å². The summed E-state index contributed by atoms with van der Waals surface area (Å²) in [6, 6.07) is 2.17. The SMILES string of the molecule is Cc1nnc(OC2CCCCC2CN)c(C#N)c1C. The zero-order chi connectivity index (χ0) is 13.8. The van der Waals surface area contributed by atoms with Gasteiger partial charge in [0.2, 0.25) is 0 Å². The van der Waals surface area contributed by atoms with Crippen molar-refractivity contribution >= 4 is 0 Å². The molecule has 5 heteroatoms. The van der Waals surface area contributed by atoms with E-state index in [4.69, 9.17) is 10.5 Å². The molecule has 1 aromatic rings. The van der Waals surface area contributed by atoms with E-state index in [0.717, 1.165) is 30.5 Å². The molecule has 0 aliphatic heterocycles. The minimum Gasteiger partial charge on any atom is -0.472 e. The second-order valence-corrected chi connectivity index (χ2v) is 5.14. The Morgan fingerprint density at radius 1 is 1.32 bits per heavy atom. The third-order valence-corrected chi connectivity index (χ3v) is 3.94. The van der Waals surface area contributed by atoms with Crippen molar-refractivity contribution in [2.45, 2.75) is 45.6 Å². The van der Waals surface area contributed by atoms with Crippen LogP contribution in [0.1, 0.15) is 42.5 Å². The molecule has 0 aromatic carbocycles. The number of nitrogens with zero attached hydrogens (tertiary/aromatic N) is 3. The molecule has 102 valence electrons. The van der Waals surface area contributed by atoms with Gasteiger partial charge in [-0.3, -0.25) is 0 Å². The molecule has 0 saturated heterocycles. The molecular formula is C14H20N4O. The lowest BCUT2D eigenvalue weighted by Gasteiger charge is -2.30. The van der Waals surface area contributed by atoms with Crippen LogP contribution in [0.5, 0.6) is 5.88 Å². The van der Waals surface area contributed by atoms with E-state index in [2.05, 4.69) is 16.3 Å². The summed E-state index contributed by atoms with van der Waals surface area (Å²) in [7, 11) is 0. The van der Waals surface area contributed by atoms with Gasteiger partial charge in [0, 0.05) is 5.92 Å². The first-order chi connectivity index (χ1) is 9.17. The topological polar surface area (TPSA) is 84.8 Å². The summed E-state index contributed by atoms with van der Waals surface area (Å²) in [5, 5.41) is 17.3. The molecule has 0 spiro atoms. The van der Waals surface area contributed by atoms with Crippen molar-refractivity contribution in [3.05, 3.63) is 16.8 Å². The first kappa shape index (κ1) is 13.8. The van der Waals surface area contributed by atoms with Crippen molar-refractivity contribution < 1.29 is 4.74 Å². The molecule has 1 aromatic heterocycles. The van der Waals surface area contributed by atoms with Gasteiger partial charge in [0.15, 0.2) is 0 Å². The van der Waals surface area contributed by atoms with E-state index in [0.29, 0.717) is 23.9 Å². The van der Waals surface area contributed by atoms with Gasteiger partial charge in [-0.05, 0) is 45.2 Å². The summed E-state index contributed by atoms with van der Waals surface area (Å²) < 4.78 is 5.94. The van der Waals surface area contributed by atoms with E-state index in [9.17, 15) is 5.26 Å². The predicted molar refractivity (Wildman–Crippen MR) is 71.6 cm³/mol. The van der Waals surface area contributed by atoms with Crippen molar-refractivity contribution in [2.24, 2.45) is 11.7 Å². The Kier molecular flexibility index (Phi) is 4.33. The fourth-order valence-electron chi connectivity index (χ4n) is 2.54. The van der Waals surface area contributed by atoms with Crippen LogP contribution >= 0.6 is 0 Å². The molecule has 0 amide bonds. The number of rotatable bonds is 3. The number of hydrogen-bond donors (Lipinski definition) is 1. The molecule has 0 radical (unpaired) electrons. The molecule has 1 fully saturated rings. The Hall–Kier alpha value is -1.67. The van der Waals surface area contributed by atoms with Crippen molar-refractivity contribution in [3.63, 3.8) is 0 Å². The van der Waals surface area contributed by atoms with Crippen LogP contribution in [0.3, 0.4) is 0 Å². The average molecular weight is 260 g/mol. The normalized spacial score (nSPS) is 22.8. The number of hydrogen-bond acceptors (Lipinski definition) is 5. The van der Waals surface area contributed by atoms with Crippen LogP contribution in [0.25, 0.3) is 0 Å². The Morgan fingerprint density at radius 2 is 2.05 bits per heavy atom. The highest BCUT2D eigenvalue weighted by atomic mass is 16.5. The maximum Gasteiger partial charge on any atom is 0.252 e. The Bertz CT molecular complexity index is 495. The van der Waals surface area contributed by atoms with Gasteiger partial charge in [-0.25, -0.2) is 0 Å². The van der Waals surface area contributed by atoms with Crippen LogP contribution in [-0.4, -0.2) is 22.8 Å². The van der Waals surface area contributed by atoms with Gasteiger partial charge in [-0.15, -0.1) is 5.10 Å². The summed E-state index contributed by atoms with van der Waals surface area (Å²) in [4.78, 5) is 0. The lowest BCUT2D eigenvalue weighted by molar-refractivity contribution is 0.0907. The molecule has 2 unspecified atom stereocenters. The van der Waals surface area contributed by atoms with Gasteiger partial charge < -0.3 is 10.5 Å². The van der Waals surface area contributed by atoms with Gasteiger partial charge in [0.05, 0.1) is 5.69 Å². The largest absolute Gasteiger partial charge is 0.472 e. The maximum atomic E-state index is 9.25. The maximum absolute atomic E-state index is 9.25. The number of aromatic nitrogens is 2. The summed E-state index contributed by atoms with van der Waals surface area (Å²) in [6.07, 6.45) is 4.46. The van der Waals surface area contributed by atoms with E-state index in [1.54, 1.807) is 0 Å². The van der Waals surface area contributed by atoms with E-state index in [1.165, 1.54) is 6.42 Å². The average Bonchev–Trinajstić information content (AvgIpc) is 2.44. The minimum atomic E-state index is 0.0576. The summed E-state index contributed by atoms with van der Waals surface area (Å²) in [5.41, 5.74) is 7.89. The molecule has 2 rings (SSSR count). The second kappa shape index (κ2) is 5.98. The second-order valence-electron chi connectivity index (χ2n) is 5.14. The van der Waals surface area contributed by atoms with Crippen LogP contribution in [0.15, 0.2) is 0 Å². The zero-order valence-electron chi connectivity index (χ0n) is 11.5. The molecule has 19 heavy (non-hydrogen) atoms. The molecule has 5 nitrogen and oxygen atoms in total. The third kappa shape index (κ3) is 2.85. The monoisotopic (exact) mass is 260 g/mol. The molecule has 0 bridgehead atoms. The van der Waals surface area contributed by atoms with E-state index >= 15 is 0 Å². The molecule has 1 heterocycles. The fraction of sp³-hybridized carbons (Fsp3) is 0.643. The Labute approximate surface area is 113 Å². The first-order valence-corrected chi connectivity index (χ1v) is 6.78. The molecule has 2 N–H and O–H groups in total. The smallest absolute Gasteiger partial charge is 0.252 e. The van der Waals surface area contributed by atoms with Gasteiger partial charge in [0.1, 0.15) is 17.7 Å². The highest BCUT2D eigenvalue weighted by Gasteiger charge is 2.27. The lowest BCUT2D eigenvalue weighted by atomic mass is 9.86. The number of nitrogens with two attached hydrogens (primary N) is 1. The highest BCUT2D eigenvalue weighted by molar-refractivity contribution is 5.45. The van der Waals surface area contributed by atoms with Crippen LogP contribution in [0, 0.1) is 31.1 Å². The predicted octanol–water partition coefficient (Wildman–Crippen LogP) is 1.86. The summed E-state index contributed by atoms with van der Waals surface area (Å²) >= 11 is 0. The standard InChI is InChI=1S/C14H20N4O/c1-9-10(2)17-18-14(12(9)8-16)19-13-6-4-3-5-11(13)7-15/h11,13H,3-7,15H2,1-2H3. The highest BCUT2D eigenvalue weighted by Crippen LogP contribution is 2.29. The minimum absolute atomic E-state index is 0.0576. The van der Waals surface area contributed by atoms with Gasteiger partial charge >= 0.3 is 0 Å². The van der Waals surface area contributed by atoms with Gasteiger partial charge in [-0.2, -0.15) is 10.4 Å². The zero-order valence-corrected chi connectivity index (χ0v) is 11.5. The van der Waals surface area contributed by atoms with Crippen LogP contribution in [0.4, 0.5) is 0 Å². The van der Waals surface area contributed by atoms with Crippen LogP contribution in [-0.2, 0) is 0 Å². The molecule has 1 saturated carbocycles. The number of ether oxygens (including phenoxy) is 1. The van der Waals surface area contributed by atoms with Crippen LogP contribution < -0.4 is 10.5 Å². The van der Waals surface area contributed by atoms with Crippen molar-refractivity contribution in [2.75, 3.05) is 6.54 Å². The summed E-state index contributed by atoms with van der Waals surface area (Å²) in [6.45, 7) is 4.33. The van der Waals surface area contributed by atoms with Crippen LogP contribution in [0.2, 0.25) is 0 Å². The first-order valence-electron chi connectivity index (χ1n) is 6.78. The van der Waals surface area contributed by atoms with Crippen molar-refractivity contribution in [3.8, 4) is 11.9 Å². The molecular weight excluding hydrogens is 240 g/mol. The van der Waals surface area contributed by atoms with Gasteiger partial charge in [-0.1, -0.05) is 6.42 Å². The number of aryl methyl sites for hydroxylation is 1. The van der Waals surface area contributed by atoms with E-state index in [1.807, 2.05) is 13.8 Å². The van der Waals surface area contributed by atoms with Gasteiger partial charge in [0.25, 0.3) is 5.88 Å². The lowest BCUT2D eigenvalue weighted by Crippen LogP contribution is -2.35. The van der Waals surface area contributed by atoms with Crippen molar-refractivity contribution in [1.82, 2.24) is 10.2 Å². The molecule has 1 aliphatic rings. The number of nitriles is 1. The van der Waals surface area contributed by atoms with E-state index in [-0.39, 0.29) is 6.10 Å².